The third-order valence-corrected chi connectivity index (χ3v) is 7.07. The molecule has 1 aromatic heterocycles. The summed E-state index contributed by atoms with van der Waals surface area (Å²) in [5, 5.41) is 5.84. The van der Waals surface area contributed by atoms with Crippen molar-refractivity contribution in [2.75, 3.05) is 54.5 Å². The molecule has 0 aliphatic carbocycles. The number of aromatic nitrogens is 2. The predicted octanol–water partition coefficient (Wildman–Crippen LogP) is 4.63. The number of sulfonamides is 1. The van der Waals surface area contributed by atoms with Gasteiger partial charge in [0.15, 0.2) is 5.75 Å². The van der Waals surface area contributed by atoms with E-state index in [1.807, 2.05) is 25.7 Å². The lowest BCUT2D eigenvalue weighted by Gasteiger charge is -2.27. The number of alkyl halides is 3. The second kappa shape index (κ2) is 12.2. The highest BCUT2D eigenvalue weighted by molar-refractivity contribution is 7.92. The van der Waals surface area contributed by atoms with Gasteiger partial charge in [-0.25, -0.2) is 13.4 Å². The number of carbonyl (C=O) groups is 1. The molecule has 43 heavy (non-hydrogen) atoms. The van der Waals surface area contributed by atoms with Crippen LogP contribution in [0.5, 0.6) is 17.4 Å². The number of nitrogens with one attached hydrogen (secondary N) is 3. The van der Waals surface area contributed by atoms with E-state index in [2.05, 4.69) is 25.3 Å². The van der Waals surface area contributed by atoms with Crippen molar-refractivity contribution in [1.29, 1.82) is 0 Å². The van der Waals surface area contributed by atoms with Crippen LogP contribution in [-0.2, 0) is 21.6 Å². The van der Waals surface area contributed by atoms with Crippen molar-refractivity contribution in [2.24, 2.45) is 0 Å². The number of piperazine rings is 1. The number of halogens is 3. The maximum atomic E-state index is 13.9. The Morgan fingerprint density at radius 3 is 2.33 bits per heavy atom. The van der Waals surface area contributed by atoms with Gasteiger partial charge < -0.3 is 25.0 Å². The summed E-state index contributed by atoms with van der Waals surface area (Å²) in [6.07, 6.45) is -2.42. The summed E-state index contributed by atoms with van der Waals surface area (Å²) in [6.45, 7) is 8.33. The van der Waals surface area contributed by atoms with Crippen LogP contribution in [0.2, 0.25) is 0 Å². The normalized spacial score (nSPS) is 14.3. The summed E-state index contributed by atoms with van der Waals surface area (Å²) in [5.41, 5.74) is -0.845. The van der Waals surface area contributed by atoms with E-state index in [4.69, 9.17) is 9.47 Å². The van der Waals surface area contributed by atoms with Crippen LogP contribution in [0.15, 0.2) is 42.6 Å². The summed E-state index contributed by atoms with van der Waals surface area (Å²) < 4.78 is 79.2. The van der Waals surface area contributed by atoms with Crippen LogP contribution < -0.4 is 29.7 Å². The van der Waals surface area contributed by atoms with Crippen molar-refractivity contribution in [3.8, 4) is 17.4 Å². The van der Waals surface area contributed by atoms with Crippen molar-refractivity contribution >= 4 is 33.3 Å². The first-order valence-corrected chi connectivity index (χ1v) is 15.1. The largest absolute Gasteiger partial charge is 0.492 e. The van der Waals surface area contributed by atoms with E-state index in [1.54, 1.807) is 12.1 Å². The molecule has 1 aliphatic rings. The van der Waals surface area contributed by atoms with E-state index >= 15 is 0 Å². The van der Waals surface area contributed by atoms with Gasteiger partial charge in [0.1, 0.15) is 5.75 Å². The van der Waals surface area contributed by atoms with Gasteiger partial charge in [-0.2, -0.15) is 18.2 Å². The SMILES string of the molecule is COc1c(NC(=O)c2ccc(C(F)(F)F)c(Oc3ccnc(N4CCNCC4)n3)c2)cc(C(C)(C)C)cc1NS(C)(=O)=O. The fraction of sp³-hybridized carbons (Fsp3) is 0.393. The molecule has 3 N–H and O–H groups in total. The Kier molecular flexibility index (Phi) is 9.06. The molecule has 2 heterocycles. The highest BCUT2D eigenvalue weighted by Gasteiger charge is 2.35. The number of ether oxygens (including phenoxy) is 2. The van der Waals surface area contributed by atoms with Gasteiger partial charge in [-0.15, -0.1) is 0 Å². The summed E-state index contributed by atoms with van der Waals surface area (Å²) in [5.74, 6) is -1.19. The van der Waals surface area contributed by atoms with E-state index in [-0.39, 0.29) is 28.6 Å². The predicted molar refractivity (Wildman–Crippen MR) is 157 cm³/mol. The highest BCUT2D eigenvalue weighted by Crippen LogP contribution is 2.41. The van der Waals surface area contributed by atoms with Crippen LogP contribution in [0, 0.1) is 0 Å². The van der Waals surface area contributed by atoms with Crippen LogP contribution in [0.25, 0.3) is 0 Å². The lowest BCUT2D eigenvalue weighted by atomic mass is 9.86. The smallest absolute Gasteiger partial charge is 0.419 e. The molecular weight excluding hydrogens is 589 g/mol. The number of amides is 1. The fourth-order valence-corrected chi connectivity index (χ4v) is 4.90. The van der Waals surface area contributed by atoms with Crippen molar-refractivity contribution in [3.05, 3.63) is 59.3 Å². The van der Waals surface area contributed by atoms with Gasteiger partial charge in [-0.1, -0.05) is 20.8 Å². The van der Waals surface area contributed by atoms with E-state index in [0.717, 1.165) is 24.5 Å². The van der Waals surface area contributed by atoms with Crippen molar-refractivity contribution in [1.82, 2.24) is 15.3 Å². The molecule has 1 aliphatic heterocycles. The fourth-order valence-electron chi connectivity index (χ4n) is 4.35. The van der Waals surface area contributed by atoms with Gasteiger partial charge in [0, 0.05) is 44.0 Å². The summed E-state index contributed by atoms with van der Waals surface area (Å²) in [6, 6.07) is 7.29. The Morgan fingerprint density at radius 2 is 1.72 bits per heavy atom. The van der Waals surface area contributed by atoms with Gasteiger partial charge in [-0.3, -0.25) is 9.52 Å². The van der Waals surface area contributed by atoms with Crippen LogP contribution in [0.1, 0.15) is 42.3 Å². The average molecular weight is 623 g/mol. The number of benzene rings is 2. The molecule has 1 fully saturated rings. The first-order valence-electron chi connectivity index (χ1n) is 13.2. The van der Waals surface area contributed by atoms with Gasteiger partial charge in [-0.05, 0) is 41.3 Å². The molecule has 0 unspecified atom stereocenters. The van der Waals surface area contributed by atoms with Crippen LogP contribution in [-0.4, -0.2) is 63.8 Å². The molecular formula is C28H33F3N6O5S. The zero-order valence-electron chi connectivity index (χ0n) is 24.3. The van der Waals surface area contributed by atoms with Crippen LogP contribution >= 0.6 is 0 Å². The maximum absolute atomic E-state index is 13.9. The quantitative estimate of drug-likeness (QED) is 0.329. The first-order chi connectivity index (χ1) is 20.0. The summed E-state index contributed by atoms with van der Waals surface area (Å²) in [4.78, 5) is 23.7. The molecule has 15 heteroatoms. The van der Waals surface area contributed by atoms with Crippen LogP contribution in [0.4, 0.5) is 30.5 Å². The summed E-state index contributed by atoms with van der Waals surface area (Å²) in [7, 11) is -2.42. The second-order valence-corrected chi connectivity index (χ2v) is 12.7. The third-order valence-electron chi connectivity index (χ3n) is 6.48. The maximum Gasteiger partial charge on any atom is 0.419 e. The van der Waals surface area contributed by atoms with E-state index in [9.17, 15) is 26.4 Å². The third kappa shape index (κ3) is 8.04. The Labute approximate surface area is 247 Å². The Morgan fingerprint density at radius 1 is 1.05 bits per heavy atom. The molecule has 3 aromatic rings. The standard InChI is InChI=1S/C28H33F3N6O5S/c1-27(2,3)18-15-20(24(41-4)21(16-18)36-43(5,39)40)34-25(38)17-6-7-19(28(29,30)31)22(14-17)42-23-8-9-33-26(35-23)37-12-10-32-11-13-37/h6-9,14-16,32,36H,10-13H2,1-5H3,(H,34,38). The van der Waals surface area contributed by atoms with Gasteiger partial charge in [0.05, 0.1) is 30.3 Å². The molecule has 0 bridgehead atoms. The molecule has 0 spiro atoms. The monoisotopic (exact) mass is 622 g/mol. The van der Waals surface area contributed by atoms with Crippen LogP contribution in [0.3, 0.4) is 0 Å². The molecule has 1 saturated heterocycles. The Bertz CT molecular complexity index is 1600. The minimum atomic E-state index is -4.78. The number of methoxy groups -OCH3 is 1. The number of rotatable bonds is 8. The molecule has 232 valence electrons. The minimum Gasteiger partial charge on any atom is -0.492 e. The van der Waals surface area contributed by atoms with Gasteiger partial charge in [0.2, 0.25) is 21.9 Å². The lowest BCUT2D eigenvalue weighted by Crippen LogP contribution is -2.44. The second-order valence-electron chi connectivity index (χ2n) is 10.9. The molecule has 1 amide bonds. The van der Waals surface area contributed by atoms with Crippen molar-refractivity contribution in [2.45, 2.75) is 32.4 Å². The summed E-state index contributed by atoms with van der Waals surface area (Å²) >= 11 is 0. The molecule has 0 radical (unpaired) electrons. The molecule has 11 nitrogen and oxygen atoms in total. The molecule has 0 atom stereocenters. The molecule has 2 aromatic carbocycles. The highest BCUT2D eigenvalue weighted by atomic mass is 32.2. The van der Waals surface area contributed by atoms with Crippen molar-refractivity contribution in [3.63, 3.8) is 0 Å². The molecule has 0 saturated carbocycles. The lowest BCUT2D eigenvalue weighted by molar-refractivity contribution is -0.138. The van der Waals surface area contributed by atoms with Crippen molar-refractivity contribution < 1.29 is 35.9 Å². The molecule has 4 rings (SSSR count). The Balaban J connectivity index is 1.70. The number of hydrogen-bond donors (Lipinski definition) is 3. The van der Waals surface area contributed by atoms with Gasteiger partial charge in [0.25, 0.3) is 5.91 Å². The number of hydrogen-bond acceptors (Lipinski definition) is 9. The number of carbonyl (C=O) groups excluding carboxylic acids is 1. The number of nitrogens with zero attached hydrogens (tertiary/aromatic N) is 3. The number of anilines is 3. The first kappa shape index (κ1) is 31.8. The van der Waals surface area contributed by atoms with E-state index in [0.29, 0.717) is 37.7 Å². The average Bonchev–Trinajstić information content (AvgIpc) is 2.91. The Hall–Kier alpha value is -4.11. The van der Waals surface area contributed by atoms with Gasteiger partial charge >= 0.3 is 6.18 Å². The topological polar surface area (TPSA) is 135 Å². The minimum absolute atomic E-state index is 0.0246. The zero-order valence-corrected chi connectivity index (χ0v) is 25.1. The zero-order chi connectivity index (χ0) is 31.6. The van der Waals surface area contributed by atoms with E-state index < -0.39 is 38.8 Å². The van der Waals surface area contributed by atoms with E-state index in [1.165, 1.54) is 19.4 Å².